The number of nitriles is 1. The fraction of sp³-hybridized carbons (Fsp3) is 0.120. The van der Waals surface area contributed by atoms with Crippen LogP contribution in [0.5, 0.6) is 0 Å². The number of rotatable bonds is 8. The highest BCUT2D eigenvalue weighted by molar-refractivity contribution is 5.98. The van der Waals surface area contributed by atoms with Gasteiger partial charge in [0.05, 0.1) is 6.61 Å². The molecule has 30 heavy (non-hydrogen) atoms. The Kier molecular flexibility index (Phi) is 7.37. The zero-order valence-corrected chi connectivity index (χ0v) is 16.7. The van der Waals surface area contributed by atoms with Crippen LogP contribution in [0, 0.1) is 11.3 Å². The summed E-state index contributed by atoms with van der Waals surface area (Å²) < 4.78 is 9.87. The van der Waals surface area contributed by atoms with E-state index in [9.17, 15) is 10.1 Å². The van der Waals surface area contributed by atoms with E-state index in [1.165, 1.54) is 13.2 Å². The maximum Gasteiger partial charge on any atom is 0.348 e. The molecule has 150 valence electrons. The van der Waals surface area contributed by atoms with Gasteiger partial charge in [-0.2, -0.15) is 5.26 Å². The van der Waals surface area contributed by atoms with Crippen molar-refractivity contribution in [1.29, 1.82) is 5.26 Å². The van der Waals surface area contributed by atoms with Gasteiger partial charge in [0, 0.05) is 24.2 Å². The maximum atomic E-state index is 12.0. The summed E-state index contributed by atoms with van der Waals surface area (Å²) in [7, 11) is 1.52. The number of ether oxygens (including phenoxy) is 2. The highest BCUT2D eigenvalue weighted by Crippen LogP contribution is 2.34. The molecule has 3 aromatic rings. The van der Waals surface area contributed by atoms with Crippen LogP contribution in [0.3, 0.4) is 0 Å². The van der Waals surface area contributed by atoms with Crippen LogP contribution in [0.15, 0.2) is 90.5 Å². The number of para-hydroxylation sites is 2. The lowest BCUT2D eigenvalue weighted by Crippen LogP contribution is -2.11. The molecule has 0 amide bonds. The van der Waals surface area contributed by atoms with Gasteiger partial charge in [0.2, 0.25) is 0 Å². The van der Waals surface area contributed by atoms with Crippen LogP contribution in [0.4, 0.5) is 17.1 Å². The minimum absolute atomic E-state index is 0.0539. The van der Waals surface area contributed by atoms with Crippen LogP contribution >= 0.6 is 0 Å². The summed E-state index contributed by atoms with van der Waals surface area (Å²) in [4.78, 5) is 14.2. The third kappa shape index (κ3) is 5.34. The van der Waals surface area contributed by atoms with Gasteiger partial charge in [-0.1, -0.05) is 48.5 Å². The van der Waals surface area contributed by atoms with E-state index >= 15 is 0 Å². The fourth-order valence-corrected chi connectivity index (χ4v) is 2.92. The van der Waals surface area contributed by atoms with Gasteiger partial charge in [-0.3, -0.25) is 0 Å². The van der Waals surface area contributed by atoms with E-state index in [1.54, 1.807) is 0 Å². The van der Waals surface area contributed by atoms with Crippen LogP contribution < -0.4 is 4.90 Å². The topological polar surface area (TPSA) is 62.6 Å². The number of nitrogens with zero attached hydrogens (tertiary/aromatic N) is 2. The largest absolute Gasteiger partial charge is 0.459 e. The third-order valence-electron chi connectivity index (χ3n) is 4.35. The van der Waals surface area contributed by atoms with Crippen molar-refractivity contribution < 1.29 is 14.3 Å². The smallest absolute Gasteiger partial charge is 0.348 e. The van der Waals surface area contributed by atoms with E-state index in [0.29, 0.717) is 0 Å². The number of hydrogen-bond donors (Lipinski definition) is 0. The van der Waals surface area contributed by atoms with Crippen molar-refractivity contribution in [1.82, 2.24) is 0 Å². The molecule has 0 bridgehead atoms. The van der Waals surface area contributed by atoms with Gasteiger partial charge < -0.3 is 14.4 Å². The molecule has 0 aromatic heterocycles. The summed E-state index contributed by atoms with van der Waals surface area (Å²) in [6.45, 7) is 0.393. The molecule has 0 atom stereocenters. The second kappa shape index (κ2) is 10.6. The van der Waals surface area contributed by atoms with Crippen molar-refractivity contribution in [3.8, 4) is 6.07 Å². The lowest BCUT2D eigenvalue weighted by Gasteiger charge is -2.25. The van der Waals surface area contributed by atoms with Crippen LogP contribution in [-0.2, 0) is 14.3 Å². The molecule has 0 unspecified atom stereocenters. The van der Waals surface area contributed by atoms with Gasteiger partial charge in [0.25, 0.3) is 0 Å². The highest BCUT2D eigenvalue weighted by atomic mass is 16.6. The Bertz CT molecular complexity index is 984. The Balaban J connectivity index is 1.87. The molecule has 0 aliphatic heterocycles. The monoisotopic (exact) mass is 398 g/mol. The summed E-state index contributed by atoms with van der Waals surface area (Å²) in [6.07, 6.45) is 1.52. The van der Waals surface area contributed by atoms with E-state index in [2.05, 4.69) is 4.90 Å². The van der Waals surface area contributed by atoms with Gasteiger partial charge in [0.1, 0.15) is 18.2 Å². The van der Waals surface area contributed by atoms with Gasteiger partial charge >= 0.3 is 5.97 Å². The van der Waals surface area contributed by atoms with Crippen LogP contribution in [0.2, 0.25) is 0 Å². The van der Waals surface area contributed by atoms with Crippen molar-refractivity contribution in [2.24, 2.45) is 0 Å². The molecule has 0 aliphatic rings. The normalized spacial score (nSPS) is 10.9. The van der Waals surface area contributed by atoms with E-state index in [-0.39, 0.29) is 18.8 Å². The first kappa shape index (κ1) is 20.8. The molecule has 0 saturated carbocycles. The summed E-state index contributed by atoms with van der Waals surface area (Å²) in [5.74, 6) is -0.658. The number of esters is 1. The molecule has 3 rings (SSSR count). The Morgan fingerprint density at radius 3 is 1.90 bits per heavy atom. The first-order valence-corrected chi connectivity index (χ1v) is 9.51. The van der Waals surface area contributed by atoms with E-state index in [1.807, 2.05) is 91.0 Å². The molecular weight excluding hydrogens is 376 g/mol. The number of carbonyl (C=O) groups excluding carboxylic acids is 1. The first-order chi connectivity index (χ1) is 14.7. The quantitative estimate of drug-likeness (QED) is 0.224. The van der Waals surface area contributed by atoms with Gasteiger partial charge in [-0.15, -0.1) is 0 Å². The average Bonchev–Trinajstić information content (AvgIpc) is 2.80. The Morgan fingerprint density at radius 2 is 1.40 bits per heavy atom. The summed E-state index contributed by atoms with van der Waals surface area (Å²) in [5.41, 5.74) is 3.71. The van der Waals surface area contributed by atoms with Crippen LogP contribution in [0.25, 0.3) is 6.08 Å². The lowest BCUT2D eigenvalue weighted by molar-refractivity contribution is -0.139. The van der Waals surface area contributed by atoms with E-state index in [0.717, 1.165) is 22.6 Å². The minimum atomic E-state index is -0.658. The zero-order chi connectivity index (χ0) is 21.2. The molecule has 0 spiro atoms. The maximum absolute atomic E-state index is 12.0. The first-order valence-electron chi connectivity index (χ1n) is 9.51. The molecule has 5 nitrogen and oxygen atoms in total. The number of anilines is 3. The van der Waals surface area contributed by atoms with E-state index < -0.39 is 5.97 Å². The van der Waals surface area contributed by atoms with Gasteiger partial charge in [0.15, 0.2) is 0 Å². The highest BCUT2D eigenvalue weighted by Gasteiger charge is 2.13. The number of hydrogen-bond acceptors (Lipinski definition) is 5. The Labute approximate surface area is 176 Å². The number of benzene rings is 3. The third-order valence-corrected chi connectivity index (χ3v) is 4.35. The molecule has 0 radical (unpaired) electrons. The summed E-state index contributed by atoms with van der Waals surface area (Å²) in [6, 6.07) is 29.7. The zero-order valence-electron chi connectivity index (χ0n) is 16.7. The predicted octanol–water partition coefficient (Wildman–Crippen LogP) is 5.25. The van der Waals surface area contributed by atoms with Gasteiger partial charge in [-0.05, 0) is 48.0 Å². The Hall–Kier alpha value is -3.88. The van der Waals surface area contributed by atoms with Crippen LogP contribution in [0.1, 0.15) is 5.56 Å². The van der Waals surface area contributed by atoms with Crippen molar-refractivity contribution in [3.63, 3.8) is 0 Å². The minimum Gasteiger partial charge on any atom is -0.459 e. The molecule has 0 aliphatic carbocycles. The lowest BCUT2D eigenvalue weighted by atomic mass is 10.1. The second-order valence-electron chi connectivity index (χ2n) is 6.40. The van der Waals surface area contributed by atoms with E-state index in [4.69, 9.17) is 9.47 Å². The molecule has 0 saturated heterocycles. The van der Waals surface area contributed by atoms with Crippen LogP contribution in [-0.4, -0.2) is 26.3 Å². The van der Waals surface area contributed by atoms with Crippen molar-refractivity contribution in [2.45, 2.75) is 0 Å². The molecule has 5 heteroatoms. The average molecular weight is 398 g/mol. The summed E-state index contributed by atoms with van der Waals surface area (Å²) >= 11 is 0. The fourth-order valence-electron chi connectivity index (χ4n) is 2.92. The molecule has 3 aromatic carbocycles. The van der Waals surface area contributed by atoms with Crippen molar-refractivity contribution >= 4 is 29.1 Å². The van der Waals surface area contributed by atoms with Crippen molar-refractivity contribution in [2.75, 3.05) is 25.2 Å². The molecule has 0 heterocycles. The number of carbonyl (C=O) groups is 1. The molecular formula is C25H22N2O3. The van der Waals surface area contributed by atoms with Crippen molar-refractivity contribution in [3.05, 3.63) is 96.1 Å². The molecule has 0 N–H and O–H groups in total. The standard InChI is InChI=1S/C25H22N2O3/c1-29-16-17-30-25(28)21(19-26)18-20-12-14-24(15-13-20)27(22-8-4-2-5-9-22)23-10-6-3-7-11-23/h2-15,18H,16-17H2,1H3/b21-18+. The molecule has 0 fully saturated rings. The SMILES string of the molecule is COCCOC(=O)/C(C#N)=C/c1ccc(N(c2ccccc2)c2ccccc2)cc1. The number of methoxy groups -OCH3 is 1. The Morgan fingerprint density at radius 1 is 0.867 bits per heavy atom. The predicted molar refractivity (Wildman–Crippen MR) is 118 cm³/mol. The van der Waals surface area contributed by atoms with Gasteiger partial charge in [-0.25, -0.2) is 4.79 Å². The summed E-state index contributed by atoms with van der Waals surface area (Å²) in [5, 5.41) is 9.30. The second-order valence-corrected chi connectivity index (χ2v) is 6.40.